The van der Waals surface area contributed by atoms with Crippen LogP contribution in [-0.4, -0.2) is 32.1 Å². The van der Waals surface area contributed by atoms with Gasteiger partial charge in [-0.05, 0) is 71.7 Å². The molecule has 0 fully saturated rings. The maximum absolute atomic E-state index is 12.0. The molecule has 0 saturated heterocycles. The Morgan fingerprint density at radius 1 is 1.00 bits per heavy atom. The fourth-order valence-electron chi connectivity index (χ4n) is 2.85. The number of benzene rings is 3. The van der Waals surface area contributed by atoms with Gasteiger partial charge < -0.3 is 19.5 Å². The van der Waals surface area contributed by atoms with Crippen LogP contribution in [-0.2, 0) is 0 Å². The standard InChI is InChI=1S/C25H26BrN3O4/c1-3-31-23-16-19(17-27-29-25(30)28-20-7-5-4-6-8-20)15-22(26)24(23)33-14-13-32-21-11-9-18(2)10-12-21/h4-12,15-17H,3,13-14H2,1-2H3,(H2,28,29,30)/b27-17-. The molecule has 0 aliphatic heterocycles. The molecule has 2 amide bonds. The van der Waals surface area contributed by atoms with Crippen LogP contribution in [0.1, 0.15) is 18.1 Å². The summed E-state index contributed by atoms with van der Waals surface area (Å²) in [7, 11) is 0. The summed E-state index contributed by atoms with van der Waals surface area (Å²) in [6, 6.07) is 20.2. The number of para-hydroxylation sites is 1. The van der Waals surface area contributed by atoms with Crippen LogP contribution in [0.4, 0.5) is 10.5 Å². The van der Waals surface area contributed by atoms with Gasteiger partial charge >= 0.3 is 6.03 Å². The van der Waals surface area contributed by atoms with Crippen LogP contribution < -0.4 is 25.0 Å². The molecule has 0 aromatic heterocycles. The molecule has 0 atom stereocenters. The largest absolute Gasteiger partial charge is 0.490 e. The molecule has 3 aromatic rings. The molecule has 3 rings (SSSR count). The van der Waals surface area contributed by atoms with Crippen LogP contribution >= 0.6 is 15.9 Å². The van der Waals surface area contributed by atoms with E-state index in [2.05, 4.69) is 31.8 Å². The SMILES string of the molecule is CCOc1cc(/C=N\NC(=O)Nc2ccccc2)cc(Br)c1OCCOc1ccc(C)cc1. The van der Waals surface area contributed by atoms with E-state index in [4.69, 9.17) is 14.2 Å². The van der Waals surface area contributed by atoms with Crippen molar-refractivity contribution in [3.05, 3.63) is 82.3 Å². The molecular weight excluding hydrogens is 486 g/mol. The number of amides is 2. The highest BCUT2D eigenvalue weighted by Crippen LogP contribution is 2.36. The first-order valence-corrected chi connectivity index (χ1v) is 11.3. The molecule has 33 heavy (non-hydrogen) atoms. The van der Waals surface area contributed by atoms with Gasteiger partial charge in [-0.3, -0.25) is 0 Å². The number of anilines is 1. The van der Waals surface area contributed by atoms with Gasteiger partial charge in [0, 0.05) is 5.69 Å². The Bertz CT molecular complexity index is 1070. The summed E-state index contributed by atoms with van der Waals surface area (Å²) in [6.07, 6.45) is 1.53. The van der Waals surface area contributed by atoms with Crippen molar-refractivity contribution in [1.29, 1.82) is 0 Å². The minimum Gasteiger partial charge on any atom is -0.490 e. The Morgan fingerprint density at radius 3 is 2.45 bits per heavy atom. The van der Waals surface area contributed by atoms with Crippen molar-refractivity contribution < 1.29 is 19.0 Å². The van der Waals surface area contributed by atoms with E-state index in [1.807, 2.05) is 62.4 Å². The minimum atomic E-state index is -0.435. The van der Waals surface area contributed by atoms with Gasteiger partial charge in [0.1, 0.15) is 19.0 Å². The quantitative estimate of drug-likeness (QED) is 0.205. The zero-order valence-electron chi connectivity index (χ0n) is 18.5. The summed E-state index contributed by atoms with van der Waals surface area (Å²) in [5.41, 5.74) is 5.03. The lowest BCUT2D eigenvalue weighted by Crippen LogP contribution is -2.24. The number of ether oxygens (including phenoxy) is 3. The number of nitrogens with zero attached hydrogens (tertiary/aromatic N) is 1. The van der Waals surface area contributed by atoms with Crippen molar-refractivity contribution in [2.75, 3.05) is 25.1 Å². The highest BCUT2D eigenvalue weighted by Gasteiger charge is 2.12. The summed E-state index contributed by atoms with van der Waals surface area (Å²) in [5.74, 6) is 1.94. The van der Waals surface area contributed by atoms with Crippen molar-refractivity contribution >= 4 is 33.9 Å². The van der Waals surface area contributed by atoms with E-state index < -0.39 is 6.03 Å². The normalized spacial score (nSPS) is 10.6. The number of carbonyl (C=O) groups is 1. The van der Waals surface area contributed by atoms with Gasteiger partial charge in [-0.2, -0.15) is 5.10 Å². The lowest BCUT2D eigenvalue weighted by Gasteiger charge is -2.15. The average Bonchev–Trinajstić information content (AvgIpc) is 2.80. The van der Waals surface area contributed by atoms with Crippen LogP contribution in [0.5, 0.6) is 17.2 Å². The number of carbonyl (C=O) groups excluding carboxylic acids is 1. The van der Waals surface area contributed by atoms with Gasteiger partial charge in [0.05, 0.1) is 17.3 Å². The van der Waals surface area contributed by atoms with Crippen LogP contribution in [0.25, 0.3) is 0 Å². The highest BCUT2D eigenvalue weighted by atomic mass is 79.9. The van der Waals surface area contributed by atoms with Crippen molar-refractivity contribution in [1.82, 2.24) is 5.43 Å². The maximum Gasteiger partial charge on any atom is 0.339 e. The summed E-state index contributed by atoms with van der Waals surface area (Å²) in [6.45, 7) is 5.14. The third kappa shape index (κ3) is 7.84. The predicted molar refractivity (Wildman–Crippen MR) is 134 cm³/mol. The lowest BCUT2D eigenvalue weighted by molar-refractivity contribution is 0.207. The topological polar surface area (TPSA) is 81.2 Å². The Kier molecular flexibility index (Phi) is 9.14. The van der Waals surface area contributed by atoms with Gasteiger partial charge in [-0.1, -0.05) is 35.9 Å². The third-order valence-electron chi connectivity index (χ3n) is 4.36. The van der Waals surface area contributed by atoms with Crippen molar-refractivity contribution in [3.8, 4) is 17.2 Å². The van der Waals surface area contributed by atoms with E-state index in [0.29, 0.717) is 41.5 Å². The fraction of sp³-hybridized carbons (Fsp3) is 0.200. The first-order valence-electron chi connectivity index (χ1n) is 10.5. The highest BCUT2D eigenvalue weighted by molar-refractivity contribution is 9.10. The molecular formula is C25H26BrN3O4. The molecule has 0 bridgehead atoms. The lowest BCUT2D eigenvalue weighted by atomic mass is 10.2. The molecule has 8 heteroatoms. The van der Waals surface area contributed by atoms with Crippen molar-refractivity contribution in [2.24, 2.45) is 5.10 Å². The predicted octanol–water partition coefficient (Wildman–Crippen LogP) is 5.77. The van der Waals surface area contributed by atoms with E-state index in [1.165, 1.54) is 11.8 Å². The maximum atomic E-state index is 12.0. The molecule has 0 unspecified atom stereocenters. The molecule has 0 spiro atoms. The van der Waals surface area contributed by atoms with Gasteiger partial charge in [0.15, 0.2) is 11.5 Å². The summed E-state index contributed by atoms with van der Waals surface area (Å²) in [4.78, 5) is 12.0. The molecule has 0 saturated carbocycles. The van der Waals surface area contributed by atoms with Gasteiger partial charge in [-0.25, -0.2) is 10.2 Å². The van der Waals surface area contributed by atoms with Crippen molar-refractivity contribution in [3.63, 3.8) is 0 Å². The monoisotopic (exact) mass is 511 g/mol. The number of hydrogen-bond acceptors (Lipinski definition) is 5. The molecule has 3 aromatic carbocycles. The van der Waals surface area contributed by atoms with E-state index >= 15 is 0 Å². The number of nitrogens with one attached hydrogen (secondary N) is 2. The minimum absolute atomic E-state index is 0.348. The van der Waals surface area contributed by atoms with E-state index in [0.717, 1.165) is 11.3 Å². The second-order valence-corrected chi connectivity index (χ2v) is 7.82. The van der Waals surface area contributed by atoms with E-state index in [9.17, 15) is 4.79 Å². The average molecular weight is 512 g/mol. The van der Waals surface area contributed by atoms with Crippen LogP contribution in [0.3, 0.4) is 0 Å². The number of aryl methyl sites for hydroxylation is 1. The molecule has 0 aliphatic carbocycles. The smallest absolute Gasteiger partial charge is 0.339 e. The van der Waals surface area contributed by atoms with Gasteiger partial charge in [-0.15, -0.1) is 0 Å². The number of hydrogen-bond donors (Lipinski definition) is 2. The second-order valence-electron chi connectivity index (χ2n) is 6.96. The van der Waals surface area contributed by atoms with Crippen LogP contribution in [0, 0.1) is 6.92 Å². The third-order valence-corrected chi connectivity index (χ3v) is 4.95. The number of halogens is 1. The second kappa shape index (κ2) is 12.5. The van der Waals surface area contributed by atoms with Gasteiger partial charge in [0.25, 0.3) is 0 Å². The Morgan fingerprint density at radius 2 is 1.73 bits per heavy atom. The molecule has 172 valence electrons. The Balaban J connectivity index is 1.57. The zero-order valence-corrected chi connectivity index (χ0v) is 20.1. The molecule has 0 radical (unpaired) electrons. The first kappa shape index (κ1) is 24.1. The van der Waals surface area contributed by atoms with Gasteiger partial charge in [0.2, 0.25) is 0 Å². The fourth-order valence-corrected chi connectivity index (χ4v) is 3.42. The van der Waals surface area contributed by atoms with Crippen molar-refractivity contribution in [2.45, 2.75) is 13.8 Å². The summed E-state index contributed by atoms with van der Waals surface area (Å²) in [5, 5.41) is 6.69. The number of rotatable bonds is 10. The molecule has 0 aliphatic rings. The summed E-state index contributed by atoms with van der Waals surface area (Å²) < 4.78 is 18.1. The first-order chi connectivity index (χ1) is 16.0. The van der Waals surface area contributed by atoms with E-state index in [-0.39, 0.29) is 0 Å². The molecule has 0 heterocycles. The van der Waals surface area contributed by atoms with Crippen LogP contribution in [0.15, 0.2) is 76.3 Å². The zero-order chi connectivity index (χ0) is 23.5. The van der Waals surface area contributed by atoms with Crippen LogP contribution in [0.2, 0.25) is 0 Å². The number of urea groups is 1. The Labute approximate surface area is 201 Å². The Hall–Kier alpha value is -3.52. The molecule has 2 N–H and O–H groups in total. The molecule has 7 nitrogen and oxygen atoms in total. The number of hydrazone groups is 1. The summed E-state index contributed by atoms with van der Waals surface area (Å²) >= 11 is 3.53. The van der Waals surface area contributed by atoms with E-state index in [1.54, 1.807) is 18.2 Å².